The minimum absolute atomic E-state index is 0.226. The zero-order chi connectivity index (χ0) is 15.4. The third-order valence-electron chi connectivity index (χ3n) is 2.61. The van der Waals surface area contributed by atoms with Gasteiger partial charge in [-0.3, -0.25) is 0 Å². The fourth-order valence-corrected chi connectivity index (χ4v) is 3.10. The Morgan fingerprint density at radius 1 is 1.38 bits per heavy atom. The van der Waals surface area contributed by atoms with E-state index in [0.717, 1.165) is 11.3 Å². The second kappa shape index (κ2) is 6.93. The number of hydrogen-bond acceptors (Lipinski definition) is 4. The lowest BCUT2D eigenvalue weighted by Gasteiger charge is -2.15. The van der Waals surface area contributed by atoms with Crippen molar-refractivity contribution in [3.63, 3.8) is 0 Å². The summed E-state index contributed by atoms with van der Waals surface area (Å²) in [6.45, 7) is 1.72. The van der Waals surface area contributed by atoms with Crippen LogP contribution in [0.3, 0.4) is 0 Å². The molecule has 110 valence electrons. The molecule has 21 heavy (non-hydrogen) atoms. The van der Waals surface area contributed by atoms with Gasteiger partial charge in [0.1, 0.15) is 4.88 Å². The van der Waals surface area contributed by atoms with Gasteiger partial charge in [0.15, 0.2) is 6.10 Å². The van der Waals surface area contributed by atoms with E-state index in [1.165, 1.54) is 12.3 Å². The highest BCUT2D eigenvalue weighted by atomic mass is 35.5. The van der Waals surface area contributed by atoms with Crippen LogP contribution >= 0.6 is 34.5 Å². The molecule has 1 aromatic carbocycles. The standard InChI is InChI=1S/C14H11Cl2NO3S/c1-2-17-20-13(9-4-3-8(15)7-10(9)16)11-5-6-12(21-11)14(18)19/h2-7,13H,1H3,(H,18,19)/b17-2+. The molecule has 0 radical (unpaired) electrons. The van der Waals surface area contributed by atoms with Gasteiger partial charge in [0.25, 0.3) is 0 Å². The highest BCUT2D eigenvalue weighted by molar-refractivity contribution is 7.14. The van der Waals surface area contributed by atoms with Crippen LogP contribution in [0.25, 0.3) is 0 Å². The van der Waals surface area contributed by atoms with Gasteiger partial charge in [-0.05, 0) is 31.2 Å². The molecule has 0 fully saturated rings. The van der Waals surface area contributed by atoms with Crippen LogP contribution in [0.1, 0.15) is 33.1 Å². The maximum Gasteiger partial charge on any atom is 0.345 e. The van der Waals surface area contributed by atoms with Crippen LogP contribution in [-0.2, 0) is 4.84 Å². The highest BCUT2D eigenvalue weighted by Gasteiger charge is 2.22. The smallest absolute Gasteiger partial charge is 0.345 e. The summed E-state index contributed by atoms with van der Waals surface area (Å²) in [7, 11) is 0. The van der Waals surface area contributed by atoms with Gasteiger partial charge in [-0.25, -0.2) is 4.79 Å². The summed E-state index contributed by atoms with van der Waals surface area (Å²) >= 11 is 13.2. The second-order valence-electron chi connectivity index (χ2n) is 4.02. The van der Waals surface area contributed by atoms with Crippen LogP contribution in [0.2, 0.25) is 10.0 Å². The lowest BCUT2D eigenvalue weighted by atomic mass is 10.1. The number of carbonyl (C=O) groups is 1. The van der Waals surface area contributed by atoms with Crippen molar-refractivity contribution in [2.45, 2.75) is 13.0 Å². The van der Waals surface area contributed by atoms with Crippen LogP contribution in [0.4, 0.5) is 0 Å². The van der Waals surface area contributed by atoms with E-state index in [2.05, 4.69) is 5.16 Å². The van der Waals surface area contributed by atoms with Gasteiger partial charge in [-0.2, -0.15) is 0 Å². The van der Waals surface area contributed by atoms with Gasteiger partial charge in [0, 0.05) is 21.8 Å². The molecule has 1 unspecified atom stereocenters. The molecule has 0 aliphatic heterocycles. The molecule has 1 N–H and O–H groups in total. The second-order valence-corrected chi connectivity index (χ2v) is 5.98. The average Bonchev–Trinajstić information content (AvgIpc) is 2.91. The fraction of sp³-hybridized carbons (Fsp3) is 0.143. The van der Waals surface area contributed by atoms with Gasteiger partial charge in [0.05, 0.1) is 4.88 Å². The van der Waals surface area contributed by atoms with Gasteiger partial charge in [-0.1, -0.05) is 34.4 Å². The third kappa shape index (κ3) is 3.75. The maximum atomic E-state index is 11.0. The Bertz CT molecular complexity index is 685. The summed E-state index contributed by atoms with van der Waals surface area (Å²) in [5, 5.41) is 13.7. The number of rotatable bonds is 5. The number of nitrogens with zero attached hydrogens (tertiary/aromatic N) is 1. The molecular weight excluding hydrogens is 333 g/mol. The SMILES string of the molecule is C/C=N/OC(c1ccc(C(=O)O)s1)c1ccc(Cl)cc1Cl. The molecule has 7 heteroatoms. The van der Waals surface area contributed by atoms with Crippen molar-refractivity contribution < 1.29 is 14.7 Å². The number of carboxylic acid groups (broad SMARTS) is 1. The molecule has 0 bridgehead atoms. The van der Waals surface area contributed by atoms with E-state index in [-0.39, 0.29) is 4.88 Å². The number of carboxylic acids is 1. The lowest BCUT2D eigenvalue weighted by molar-refractivity contribution is 0.0702. The molecule has 1 heterocycles. The first-order valence-electron chi connectivity index (χ1n) is 5.94. The van der Waals surface area contributed by atoms with E-state index in [1.807, 2.05) is 0 Å². The topological polar surface area (TPSA) is 58.9 Å². The Morgan fingerprint density at radius 2 is 2.14 bits per heavy atom. The minimum atomic E-state index is -0.980. The Kier molecular flexibility index (Phi) is 5.22. The number of hydrogen-bond donors (Lipinski definition) is 1. The normalized spacial score (nSPS) is 12.5. The van der Waals surface area contributed by atoms with Crippen molar-refractivity contribution >= 4 is 46.7 Å². The van der Waals surface area contributed by atoms with Crippen LogP contribution in [0.15, 0.2) is 35.5 Å². The van der Waals surface area contributed by atoms with Crippen molar-refractivity contribution in [2.75, 3.05) is 0 Å². The van der Waals surface area contributed by atoms with Gasteiger partial charge >= 0.3 is 5.97 Å². The predicted molar refractivity (Wildman–Crippen MR) is 84.8 cm³/mol. The number of aromatic carboxylic acids is 1. The minimum Gasteiger partial charge on any atom is -0.477 e. The van der Waals surface area contributed by atoms with Crippen molar-refractivity contribution in [3.05, 3.63) is 55.7 Å². The van der Waals surface area contributed by atoms with E-state index < -0.39 is 12.1 Å². The molecule has 1 atom stereocenters. The van der Waals surface area contributed by atoms with Crippen molar-refractivity contribution in [3.8, 4) is 0 Å². The number of oxime groups is 1. The van der Waals surface area contributed by atoms with E-state index in [1.54, 1.807) is 31.2 Å². The zero-order valence-corrected chi connectivity index (χ0v) is 13.2. The molecule has 0 aliphatic carbocycles. The summed E-state index contributed by atoms with van der Waals surface area (Å²) in [6.07, 6.45) is 0.923. The Morgan fingerprint density at radius 3 is 2.71 bits per heavy atom. The van der Waals surface area contributed by atoms with E-state index >= 15 is 0 Å². The summed E-state index contributed by atoms with van der Waals surface area (Å²) in [4.78, 5) is 17.4. The van der Waals surface area contributed by atoms with Crippen molar-refractivity contribution in [1.29, 1.82) is 0 Å². The maximum absolute atomic E-state index is 11.0. The van der Waals surface area contributed by atoms with Crippen LogP contribution in [0.5, 0.6) is 0 Å². The molecule has 4 nitrogen and oxygen atoms in total. The number of benzene rings is 1. The average molecular weight is 344 g/mol. The molecule has 0 saturated heterocycles. The first-order chi connectivity index (χ1) is 10.0. The monoisotopic (exact) mass is 343 g/mol. The summed E-state index contributed by atoms with van der Waals surface area (Å²) in [6, 6.07) is 8.25. The van der Waals surface area contributed by atoms with Crippen molar-refractivity contribution in [2.24, 2.45) is 5.16 Å². The number of thiophene rings is 1. The number of halogens is 2. The van der Waals surface area contributed by atoms with Crippen LogP contribution < -0.4 is 0 Å². The molecule has 0 aliphatic rings. The van der Waals surface area contributed by atoms with Gasteiger partial charge < -0.3 is 9.94 Å². The first-order valence-corrected chi connectivity index (χ1v) is 7.52. The molecule has 2 rings (SSSR count). The lowest BCUT2D eigenvalue weighted by Crippen LogP contribution is -2.02. The first kappa shape index (κ1) is 15.8. The zero-order valence-electron chi connectivity index (χ0n) is 10.9. The van der Waals surface area contributed by atoms with Crippen LogP contribution in [0, 0.1) is 0 Å². The van der Waals surface area contributed by atoms with E-state index in [4.69, 9.17) is 33.1 Å². The van der Waals surface area contributed by atoms with E-state index in [0.29, 0.717) is 20.5 Å². The third-order valence-corrected chi connectivity index (χ3v) is 4.29. The molecule has 0 spiro atoms. The molecule has 0 saturated carbocycles. The fourth-order valence-electron chi connectivity index (χ4n) is 1.71. The Hall–Kier alpha value is -1.56. The van der Waals surface area contributed by atoms with Gasteiger partial charge in [0.2, 0.25) is 0 Å². The summed E-state index contributed by atoms with van der Waals surface area (Å²) in [5.41, 5.74) is 0.672. The van der Waals surface area contributed by atoms with Crippen LogP contribution in [-0.4, -0.2) is 17.3 Å². The Labute approximate surface area is 135 Å². The predicted octanol–water partition coefficient (Wildman–Crippen LogP) is 4.86. The Balaban J connectivity index is 2.43. The summed E-state index contributed by atoms with van der Waals surface area (Å²) in [5.74, 6) is -0.980. The highest BCUT2D eigenvalue weighted by Crippen LogP contribution is 2.36. The van der Waals surface area contributed by atoms with Crippen molar-refractivity contribution in [1.82, 2.24) is 0 Å². The van der Waals surface area contributed by atoms with Gasteiger partial charge in [-0.15, -0.1) is 11.3 Å². The van der Waals surface area contributed by atoms with E-state index in [9.17, 15) is 4.79 Å². The quantitative estimate of drug-likeness (QED) is 0.622. The summed E-state index contributed by atoms with van der Waals surface area (Å²) < 4.78 is 0. The molecular formula is C14H11Cl2NO3S. The molecule has 1 aromatic heterocycles. The largest absolute Gasteiger partial charge is 0.477 e. The molecule has 0 amide bonds. The molecule has 2 aromatic rings.